The highest BCUT2D eigenvalue weighted by Crippen LogP contribution is 2.28. The van der Waals surface area contributed by atoms with Crippen molar-refractivity contribution in [1.82, 2.24) is 15.2 Å². The molecule has 2 aliphatic rings. The lowest BCUT2D eigenvalue weighted by atomic mass is 9.93. The zero-order valence-corrected chi connectivity index (χ0v) is 13.1. The zero-order valence-electron chi connectivity index (χ0n) is 13.1. The summed E-state index contributed by atoms with van der Waals surface area (Å²) in [6.45, 7) is 1.02. The highest BCUT2D eigenvalue weighted by molar-refractivity contribution is 5.99. The van der Waals surface area contributed by atoms with Gasteiger partial charge in [0.05, 0.1) is 6.20 Å². The molecule has 1 aromatic rings. The first-order valence-corrected chi connectivity index (χ1v) is 7.97. The van der Waals surface area contributed by atoms with Crippen LogP contribution in [0.1, 0.15) is 37.3 Å². The number of nitrogens with one attached hydrogen (secondary N) is 1. The Labute approximate surface area is 138 Å². The lowest BCUT2D eigenvalue weighted by Crippen LogP contribution is -2.46. The molecule has 8 heteroatoms. The number of ether oxygens (including phenoxy) is 1. The second-order valence-electron chi connectivity index (χ2n) is 6.02. The van der Waals surface area contributed by atoms with Crippen LogP contribution in [0.25, 0.3) is 0 Å². The summed E-state index contributed by atoms with van der Waals surface area (Å²) in [6, 6.07) is 3.61. The molecule has 128 valence electrons. The minimum atomic E-state index is -0.880. The Bertz CT molecular complexity index is 638. The maximum atomic E-state index is 11.7. The van der Waals surface area contributed by atoms with Gasteiger partial charge >= 0.3 is 6.09 Å². The van der Waals surface area contributed by atoms with Crippen molar-refractivity contribution >= 4 is 17.9 Å². The molecule has 0 aliphatic carbocycles. The van der Waals surface area contributed by atoms with Crippen LogP contribution in [-0.2, 0) is 9.59 Å². The van der Waals surface area contributed by atoms with E-state index >= 15 is 0 Å². The van der Waals surface area contributed by atoms with E-state index in [2.05, 4.69) is 10.3 Å². The number of hydrogen-bond donors (Lipinski definition) is 2. The summed E-state index contributed by atoms with van der Waals surface area (Å²) in [5.41, 5.74) is 0.899. The topological polar surface area (TPSA) is 109 Å². The summed E-state index contributed by atoms with van der Waals surface area (Å²) >= 11 is 0. The Hall–Kier alpha value is -2.64. The molecule has 24 heavy (non-hydrogen) atoms. The van der Waals surface area contributed by atoms with Crippen LogP contribution in [0.3, 0.4) is 0 Å². The molecule has 8 nitrogen and oxygen atoms in total. The Morgan fingerprint density at radius 3 is 2.58 bits per heavy atom. The molecule has 2 saturated heterocycles. The van der Waals surface area contributed by atoms with Gasteiger partial charge in [0.2, 0.25) is 5.91 Å². The number of carbonyl (C=O) groups excluding carboxylic acids is 2. The van der Waals surface area contributed by atoms with Crippen LogP contribution >= 0.6 is 0 Å². The second kappa shape index (κ2) is 6.86. The minimum absolute atomic E-state index is 0.227. The smallest absolute Gasteiger partial charge is 0.407 e. The van der Waals surface area contributed by atoms with Gasteiger partial charge < -0.3 is 14.7 Å². The molecule has 3 amide bonds. The van der Waals surface area contributed by atoms with Crippen molar-refractivity contribution in [3.05, 3.63) is 24.0 Å². The summed E-state index contributed by atoms with van der Waals surface area (Å²) in [5.74, 6) is 0.0128. The molecule has 0 saturated carbocycles. The van der Waals surface area contributed by atoms with E-state index < -0.39 is 18.1 Å². The highest BCUT2D eigenvalue weighted by atomic mass is 16.5. The first-order valence-electron chi connectivity index (χ1n) is 7.97. The standard InChI is InChI=1S/C16H19N3O5/c20-14-4-3-13(15(21)18-14)24-11-1-2-12(17-9-11)10-5-7-19(8-6-10)16(22)23/h1-2,9-10,13H,3-8H2,(H,22,23)(H,18,20,21). The van der Waals surface area contributed by atoms with Crippen LogP contribution in [0, 0.1) is 0 Å². The number of amides is 3. The van der Waals surface area contributed by atoms with Crippen molar-refractivity contribution in [2.45, 2.75) is 37.7 Å². The van der Waals surface area contributed by atoms with Gasteiger partial charge in [-0.15, -0.1) is 0 Å². The molecule has 0 bridgehead atoms. The van der Waals surface area contributed by atoms with Crippen LogP contribution in [0.15, 0.2) is 18.3 Å². The third-order valence-electron chi connectivity index (χ3n) is 4.41. The number of hydrogen-bond acceptors (Lipinski definition) is 5. The second-order valence-corrected chi connectivity index (χ2v) is 6.02. The van der Waals surface area contributed by atoms with E-state index in [0.29, 0.717) is 25.3 Å². The molecule has 1 unspecified atom stereocenters. The number of rotatable bonds is 3. The molecule has 2 N–H and O–H groups in total. The minimum Gasteiger partial charge on any atom is -0.479 e. The third-order valence-corrected chi connectivity index (χ3v) is 4.41. The number of carboxylic acid groups (broad SMARTS) is 1. The first-order chi connectivity index (χ1) is 11.5. The molecule has 3 rings (SSSR count). The van der Waals surface area contributed by atoms with Crippen molar-refractivity contribution in [1.29, 1.82) is 0 Å². The predicted octanol–water partition coefficient (Wildman–Crippen LogP) is 1.12. The number of piperidine rings is 2. The Morgan fingerprint density at radius 1 is 1.25 bits per heavy atom. The summed E-state index contributed by atoms with van der Waals surface area (Å²) in [4.78, 5) is 39.5. The largest absolute Gasteiger partial charge is 0.479 e. The molecule has 3 heterocycles. The Balaban J connectivity index is 1.57. The van der Waals surface area contributed by atoms with E-state index in [9.17, 15) is 14.4 Å². The number of likely N-dealkylation sites (tertiary alicyclic amines) is 1. The van der Waals surface area contributed by atoms with Crippen LogP contribution < -0.4 is 10.1 Å². The van der Waals surface area contributed by atoms with Gasteiger partial charge in [0.1, 0.15) is 5.75 Å². The van der Waals surface area contributed by atoms with Gasteiger partial charge in [0.15, 0.2) is 6.10 Å². The Morgan fingerprint density at radius 2 is 2.00 bits per heavy atom. The van der Waals surface area contributed by atoms with E-state index in [1.165, 1.54) is 4.90 Å². The summed E-state index contributed by atoms with van der Waals surface area (Å²) in [6.07, 6.45) is 2.13. The van der Waals surface area contributed by atoms with Gasteiger partial charge in [-0.25, -0.2) is 4.79 Å². The van der Waals surface area contributed by atoms with E-state index in [-0.39, 0.29) is 18.2 Å². The zero-order chi connectivity index (χ0) is 17.1. The molecule has 0 spiro atoms. The van der Waals surface area contributed by atoms with Crippen LogP contribution in [-0.4, -0.2) is 52.1 Å². The highest BCUT2D eigenvalue weighted by Gasteiger charge is 2.28. The van der Waals surface area contributed by atoms with E-state index in [1.54, 1.807) is 12.3 Å². The molecule has 1 atom stereocenters. The molecular weight excluding hydrogens is 314 g/mol. The number of nitrogens with zero attached hydrogens (tertiary/aromatic N) is 2. The maximum Gasteiger partial charge on any atom is 0.407 e. The lowest BCUT2D eigenvalue weighted by Gasteiger charge is -2.29. The maximum absolute atomic E-state index is 11.7. The molecule has 0 radical (unpaired) electrons. The van der Waals surface area contributed by atoms with Gasteiger partial charge in [-0.2, -0.15) is 0 Å². The number of aromatic nitrogens is 1. The monoisotopic (exact) mass is 333 g/mol. The van der Waals surface area contributed by atoms with Crippen molar-refractivity contribution in [3.63, 3.8) is 0 Å². The number of imide groups is 1. The average Bonchev–Trinajstić information content (AvgIpc) is 2.58. The van der Waals surface area contributed by atoms with E-state index in [1.807, 2.05) is 6.07 Å². The van der Waals surface area contributed by atoms with Gasteiger partial charge in [-0.1, -0.05) is 0 Å². The molecule has 0 aromatic carbocycles. The summed E-state index contributed by atoms with van der Waals surface area (Å²) in [7, 11) is 0. The van der Waals surface area contributed by atoms with Gasteiger partial charge in [-0.3, -0.25) is 19.9 Å². The molecule has 2 fully saturated rings. The van der Waals surface area contributed by atoms with Crippen LogP contribution in [0.4, 0.5) is 4.79 Å². The molecule has 2 aliphatic heterocycles. The lowest BCUT2D eigenvalue weighted by molar-refractivity contribution is -0.138. The van der Waals surface area contributed by atoms with Gasteiger partial charge in [0.25, 0.3) is 5.91 Å². The van der Waals surface area contributed by atoms with Crippen molar-refractivity contribution in [2.75, 3.05) is 13.1 Å². The fourth-order valence-electron chi connectivity index (χ4n) is 3.02. The number of pyridine rings is 1. The number of carbonyl (C=O) groups is 3. The van der Waals surface area contributed by atoms with E-state index in [0.717, 1.165) is 18.5 Å². The van der Waals surface area contributed by atoms with Gasteiger partial charge in [-0.05, 0) is 25.0 Å². The van der Waals surface area contributed by atoms with Crippen molar-refractivity contribution in [2.24, 2.45) is 0 Å². The quantitative estimate of drug-likeness (QED) is 0.803. The first kappa shape index (κ1) is 16.2. The van der Waals surface area contributed by atoms with Crippen LogP contribution in [0.2, 0.25) is 0 Å². The summed E-state index contributed by atoms with van der Waals surface area (Å²) in [5, 5.41) is 11.2. The fraction of sp³-hybridized carbons (Fsp3) is 0.500. The van der Waals surface area contributed by atoms with Crippen LogP contribution in [0.5, 0.6) is 5.75 Å². The summed E-state index contributed by atoms with van der Waals surface area (Å²) < 4.78 is 5.59. The van der Waals surface area contributed by atoms with Gasteiger partial charge in [0, 0.05) is 37.5 Å². The molecular formula is C16H19N3O5. The SMILES string of the molecule is O=C1CCC(Oc2ccc(C3CCN(C(=O)O)CC3)nc2)C(=O)N1. The van der Waals surface area contributed by atoms with E-state index in [4.69, 9.17) is 9.84 Å². The Kier molecular flexibility index (Phi) is 4.64. The predicted molar refractivity (Wildman–Crippen MR) is 82.6 cm³/mol. The third kappa shape index (κ3) is 3.64. The normalized spacial score (nSPS) is 22.2. The molecule has 1 aromatic heterocycles. The average molecular weight is 333 g/mol. The fourth-order valence-corrected chi connectivity index (χ4v) is 3.02. The van der Waals surface area contributed by atoms with Crippen molar-refractivity contribution in [3.8, 4) is 5.75 Å². The van der Waals surface area contributed by atoms with Crippen molar-refractivity contribution < 1.29 is 24.2 Å².